The molecule has 0 aromatic heterocycles. The van der Waals surface area contributed by atoms with E-state index >= 15 is 0 Å². The standard InChI is InChI=1S/C14H15NO3/c1-18-14(17)15-9-6-7-13(16)11(8-9)10-4-2-3-5-12(10)15/h2-5,9,11H,6-8H2,1H3/t9-,11+/m0/s1. The van der Waals surface area contributed by atoms with Gasteiger partial charge in [-0.25, -0.2) is 4.79 Å². The molecule has 2 aliphatic rings. The van der Waals surface area contributed by atoms with Crippen molar-refractivity contribution >= 4 is 17.6 Å². The molecule has 0 N–H and O–H groups in total. The third kappa shape index (κ3) is 1.52. The van der Waals surface area contributed by atoms with Gasteiger partial charge in [-0.1, -0.05) is 18.2 Å². The summed E-state index contributed by atoms with van der Waals surface area (Å²) in [5.41, 5.74) is 1.79. The van der Waals surface area contributed by atoms with Crippen molar-refractivity contribution in [1.82, 2.24) is 0 Å². The van der Waals surface area contributed by atoms with Crippen LogP contribution in [0.15, 0.2) is 24.3 Å². The number of nitrogens with zero attached hydrogens (tertiary/aromatic N) is 1. The van der Waals surface area contributed by atoms with Crippen LogP contribution in [-0.2, 0) is 9.53 Å². The van der Waals surface area contributed by atoms with Gasteiger partial charge in [0, 0.05) is 18.4 Å². The van der Waals surface area contributed by atoms with Gasteiger partial charge in [0.1, 0.15) is 5.78 Å². The van der Waals surface area contributed by atoms with Crippen LogP contribution < -0.4 is 4.90 Å². The van der Waals surface area contributed by atoms with Crippen LogP contribution in [0.3, 0.4) is 0 Å². The number of hydrogen-bond donors (Lipinski definition) is 0. The Kier molecular flexibility index (Phi) is 2.58. The van der Waals surface area contributed by atoms with Crippen LogP contribution in [-0.4, -0.2) is 25.0 Å². The van der Waals surface area contributed by atoms with Crippen molar-refractivity contribution in [1.29, 1.82) is 0 Å². The Hall–Kier alpha value is -1.84. The molecule has 0 unspecified atom stereocenters. The second kappa shape index (κ2) is 4.12. The number of fused-ring (bicyclic) bond motifs is 4. The predicted octanol–water partition coefficient (Wildman–Crippen LogP) is 2.48. The zero-order valence-electron chi connectivity index (χ0n) is 10.3. The Bertz CT molecular complexity index is 512. The molecule has 1 saturated carbocycles. The van der Waals surface area contributed by atoms with Gasteiger partial charge in [0.05, 0.1) is 12.8 Å². The normalized spacial score (nSPS) is 25.6. The molecular weight excluding hydrogens is 230 g/mol. The van der Waals surface area contributed by atoms with Gasteiger partial charge >= 0.3 is 6.09 Å². The van der Waals surface area contributed by atoms with Gasteiger partial charge in [-0.05, 0) is 24.5 Å². The summed E-state index contributed by atoms with van der Waals surface area (Å²) in [6, 6.07) is 7.73. The number of amides is 1. The monoisotopic (exact) mass is 245 g/mol. The van der Waals surface area contributed by atoms with Crippen LogP contribution in [0.4, 0.5) is 10.5 Å². The first-order valence-electron chi connectivity index (χ1n) is 6.21. The molecule has 1 aromatic carbocycles. The van der Waals surface area contributed by atoms with Gasteiger partial charge in [-0.2, -0.15) is 0 Å². The quantitative estimate of drug-likeness (QED) is 0.705. The number of benzene rings is 1. The van der Waals surface area contributed by atoms with Crippen LogP contribution >= 0.6 is 0 Å². The molecule has 94 valence electrons. The van der Waals surface area contributed by atoms with Gasteiger partial charge in [0.2, 0.25) is 0 Å². The highest BCUT2D eigenvalue weighted by Gasteiger charge is 2.42. The van der Waals surface area contributed by atoms with E-state index in [0.29, 0.717) is 12.2 Å². The number of rotatable bonds is 0. The van der Waals surface area contributed by atoms with Crippen molar-refractivity contribution < 1.29 is 14.3 Å². The third-order valence-electron chi connectivity index (χ3n) is 3.93. The molecule has 1 aliphatic carbocycles. The summed E-state index contributed by atoms with van der Waals surface area (Å²) in [6.07, 6.45) is 1.68. The average molecular weight is 245 g/mol. The zero-order chi connectivity index (χ0) is 12.7. The highest BCUT2D eigenvalue weighted by molar-refractivity contribution is 5.96. The lowest BCUT2D eigenvalue weighted by molar-refractivity contribution is -0.122. The molecule has 2 atom stereocenters. The van der Waals surface area contributed by atoms with Crippen molar-refractivity contribution in [3.05, 3.63) is 29.8 Å². The summed E-state index contributed by atoms with van der Waals surface area (Å²) < 4.78 is 4.87. The maximum absolute atomic E-state index is 12.0. The Labute approximate surface area is 106 Å². The molecule has 3 rings (SSSR count). The molecule has 1 aliphatic heterocycles. The predicted molar refractivity (Wildman–Crippen MR) is 66.7 cm³/mol. The largest absolute Gasteiger partial charge is 0.452 e. The van der Waals surface area contributed by atoms with Crippen molar-refractivity contribution in [3.8, 4) is 0 Å². The minimum atomic E-state index is -0.333. The van der Waals surface area contributed by atoms with Crippen molar-refractivity contribution in [2.45, 2.75) is 31.2 Å². The summed E-state index contributed by atoms with van der Waals surface area (Å²) in [6.45, 7) is 0. The van der Waals surface area contributed by atoms with E-state index in [4.69, 9.17) is 4.74 Å². The number of ketones is 1. The SMILES string of the molecule is COC(=O)N1c2ccccc2[C@H]2C[C@@H]1CCC2=O. The van der Waals surface area contributed by atoms with Crippen LogP contribution in [0.25, 0.3) is 0 Å². The summed E-state index contributed by atoms with van der Waals surface area (Å²) in [5, 5.41) is 0. The first-order valence-corrected chi connectivity index (χ1v) is 6.21. The van der Waals surface area contributed by atoms with Gasteiger partial charge in [0.25, 0.3) is 0 Å². The number of carbonyl (C=O) groups is 2. The molecule has 1 fully saturated rings. The maximum atomic E-state index is 12.0. The van der Waals surface area contributed by atoms with Gasteiger partial charge in [-0.15, -0.1) is 0 Å². The first-order chi connectivity index (χ1) is 8.72. The second-order valence-electron chi connectivity index (χ2n) is 4.85. The van der Waals surface area contributed by atoms with Crippen LogP contribution in [0.2, 0.25) is 0 Å². The number of carbonyl (C=O) groups excluding carboxylic acids is 2. The van der Waals surface area contributed by atoms with Crippen LogP contribution in [0.1, 0.15) is 30.7 Å². The van der Waals surface area contributed by atoms with E-state index in [9.17, 15) is 9.59 Å². The fourth-order valence-corrected chi connectivity index (χ4v) is 3.08. The van der Waals surface area contributed by atoms with Crippen molar-refractivity contribution in [2.75, 3.05) is 12.0 Å². The molecule has 1 aromatic rings. The van der Waals surface area contributed by atoms with E-state index in [1.807, 2.05) is 24.3 Å². The fourth-order valence-electron chi connectivity index (χ4n) is 3.08. The van der Waals surface area contributed by atoms with Crippen LogP contribution in [0.5, 0.6) is 0 Å². The van der Waals surface area contributed by atoms with E-state index in [-0.39, 0.29) is 18.1 Å². The molecule has 4 heteroatoms. The van der Waals surface area contributed by atoms with Gasteiger partial charge < -0.3 is 4.74 Å². The highest BCUT2D eigenvalue weighted by Crippen LogP contribution is 2.43. The Balaban J connectivity index is 2.12. The molecule has 0 spiro atoms. The maximum Gasteiger partial charge on any atom is 0.414 e. The summed E-state index contributed by atoms with van der Waals surface area (Å²) in [5.74, 6) is 0.254. The zero-order valence-corrected chi connectivity index (χ0v) is 10.3. The summed E-state index contributed by atoms with van der Waals surface area (Å²) >= 11 is 0. The van der Waals surface area contributed by atoms with E-state index < -0.39 is 0 Å². The lowest BCUT2D eigenvalue weighted by atomic mass is 9.76. The molecule has 0 saturated heterocycles. The van der Waals surface area contributed by atoms with E-state index in [1.54, 1.807) is 4.90 Å². The molecule has 0 radical (unpaired) electrons. The minimum absolute atomic E-state index is 0.0409. The van der Waals surface area contributed by atoms with Gasteiger partial charge in [0.15, 0.2) is 0 Å². The Morgan fingerprint density at radius 2 is 2.17 bits per heavy atom. The average Bonchev–Trinajstić information content (AvgIpc) is 2.42. The number of methoxy groups -OCH3 is 1. The number of ether oxygens (including phenoxy) is 1. The number of para-hydroxylation sites is 1. The summed E-state index contributed by atoms with van der Waals surface area (Å²) in [4.78, 5) is 25.6. The molecule has 1 amide bonds. The molecule has 4 nitrogen and oxygen atoms in total. The molecule has 18 heavy (non-hydrogen) atoms. The summed E-state index contributed by atoms with van der Waals surface area (Å²) in [7, 11) is 1.39. The first kappa shape index (κ1) is 11.3. The second-order valence-corrected chi connectivity index (χ2v) is 4.85. The number of Topliss-reactive ketones (excluding diaryl/α,β-unsaturated/α-hetero) is 1. The number of anilines is 1. The highest BCUT2D eigenvalue weighted by atomic mass is 16.5. The van der Waals surface area contributed by atoms with Crippen molar-refractivity contribution in [3.63, 3.8) is 0 Å². The van der Waals surface area contributed by atoms with E-state index in [2.05, 4.69) is 0 Å². The molecular formula is C14H15NO3. The lowest BCUT2D eigenvalue weighted by Crippen LogP contribution is -2.48. The van der Waals surface area contributed by atoms with Crippen molar-refractivity contribution in [2.24, 2.45) is 0 Å². The van der Waals surface area contributed by atoms with E-state index in [1.165, 1.54) is 7.11 Å². The molecule has 2 bridgehead atoms. The topological polar surface area (TPSA) is 46.6 Å². The molecule has 1 heterocycles. The smallest absolute Gasteiger partial charge is 0.414 e. The van der Waals surface area contributed by atoms with Gasteiger partial charge in [-0.3, -0.25) is 9.69 Å². The Morgan fingerprint density at radius 3 is 2.94 bits per heavy atom. The third-order valence-corrected chi connectivity index (χ3v) is 3.93. The number of hydrogen-bond acceptors (Lipinski definition) is 3. The van der Waals surface area contributed by atoms with Crippen LogP contribution in [0, 0.1) is 0 Å². The van der Waals surface area contributed by atoms with E-state index in [0.717, 1.165) is 24.1 Å². The minimum Gasteiger partial charge on any atom is -0.452 e. The Morgan fingerprint density at radius 1 is 1.39 bits per heavy atom. The fraction of sp³-hybridized carbons (Fsp3) is 0.429. The lowest BCUT2D eigenvalue weighted by Gasteiger charge is -2.42.